The summed E-state index contributed by atoms with van der Waals surface area (Å²) in [6.07, 6.45) is 16.1. The molecular weight excluding hydrogens is 426 g/mol. The highest BCUT2D eigenvalue weighted by atomic mass is 16.5. The van der Waals surface area contributed by atoms with Gasteiger partial charge in [0.15, 0.2) is 0 Å². The Bertz CT molecular complexity index is 944. The number of aromatic nitrogens is 1. The zero-order valence-corrected chi connectivity index (χ0v) is 22.3. The van der Waals surface area contributed by atoms with Gasteiger partial charge in [-0.2, -0.15) is 0 Å². The Morgan fingerprint density at radius 3 is 2.06 bits per heavy atom. The van der Waals surface area contributed by atoms with E-state index >= 15 is 0 Å². The van der Waals surface area contributed by atoms with Gasteiger partial charge in [0, 0.05) is 17.3 Å². The summed E-state index contributed by atoms with van der Waals surface area (Å²) in [6.45, 7) is 7.68. The molecule has 1 atom stereocenters. The van der Waals surface area contributed by atoms with Crippen LogP contribution in [0.3, 0.4) is 0 Å². The number of pyridine rings is 1. The first kappa shape index (κ1) is 27.0. The van der Waals surface area contributed by atoms with Gasteiger partial charge < -0.3 is 4.74 Å². The zero-order chi connectivity index (χ0) is 24.7. The number of hydrogen-bond donors (Lipinski definition) is 0. The summed E-state index contributed by atoms with van der Waals surface area (Å²) in [5.74, 6) is 1.80. The summed E-state index contributed by atoms with van der Waals surface area (Å²) in [5.41, 5.74) is 5.93. The van der Waals surface area contributed by atoms with Crippen molar-refractivity contribution in [3.63, 3.8) is 0 Å². The minimum absolute atomic E-state index is 0.799. The predicted octanol–water partition coefficient (Wildman–Crippen LogP) is 9.91. The predicted molar refractivity (Wildman–Crippen MR) is 151 cm³/mol. The van der Waals surface area contributed by atoms with Gasteiger partial charge >= 0.3 is 0 Å². The third-order valence-electron chi connectivity index (χ3n) is 7.08. The second-order valence-corrected chi connectivity index (χ2v) is 10.0. The van der Waals surface area contributed by atoms with Crippen LogP contribution in [0, 0.1) is 5.92 Å². The molecule has 0 fully saturated rings. The first-order valence-electron chi connectivity index (χ1n) is 14.0. The van der Waals surface area contributed by atoms with Crippen molar-refractivity contribution >= 4 is 0 Å². The Labute approximate surface area is 214 Å². The van der Waals surface area contributed by atoms with Crippen LogP contribution in [0.4, 0.5) is 0 Å². The van der Waals surface area contributed by atoms with Crippen LogP contribution in [0.25, 0.3) is 22.4 Å². The summed E-state index contributed by atoms with van der Waals surface area (Å²) in [4.78, 5) is 4.74. The van der Waals surface area contributed by atoms with E-state index in [1.807, 2.05) is 6.20 Å². The maximum absolute atomic E-state index is 5.94. The van der Waals surface area contributed by atoms with Gasteiger partial charge in [-0.05, 0) is 54.5 Å². The Morgan fingerprint density at radius 1 is 0.686 bits per heavy atom. The molecule has 0 unspecified atom stereocenters. The third-order valence-corrected chi connectivity index (χ3v) is 7.08. The average Bonchev–Trinajstić information content (AvgIpc) is 2.91. The smallest absolute Gasteiger partial charge is 0.119 e. The van der Waals surface area contributed by atoms with Crippen molar-refractivity contribution in [2.24, 2.45) is 5.92 Å². The zero-order valence-electron chi connectivity index (χ0n) is 22.3. The molecule has 2 aromatic carbocycles. The van der Waals surface area contributed by atoms with E-state index in [1.165, 1.54) is 80.9 Å². The van der Waals surface area contributed by atoms with Crippen LogP contribution in [0.1, 0.15) is 90.5 Å². The topological polar surface area (TPSA) is 22.1 Å². The Kier molecular flexibility index (Phi) is 11.9. The lowest BCUT2D eigenvalue weighted by molar-refractivity contribution is 0.302. The van der Waals surface area contributed by atoms with E-state index in [1.54, 1.807) is 0 Å². The van der Waals surface area contributed by atoms with E-state index in [0.29, 0.717) is 0 Å². The van der Waals surface area contributed by atoms with Crippen molar-refractivity contribution in [1.82, 2.24) is 4.98 Å². The number of ether oxygens (including phenoxy) is 1. The molecular formula is C33H45NO. The maximum Gasteiger partial charge on any atom is 0.119 e. The van der Waals surface area contributed by atoms with Crippen LogP contribution >= 0.6 is 0 Å². The van der Waals surface area contributed by atoms with Gasteiger partial charge in [-0.1, -0.05) is 115 Å². The fourth-order valence-corrected chi connectivity index (χ4v) is 4.42. The van der Waals surface area contributed by atoms with Crippen LogP contribution in [-0.4, -0.2) is 11.6 Å². The van der Waals surface area contributed by atoms with Gasteiger partial charge in [-0.15, -0.1) is 0 Å². The molecule has 3 aromatic rings. The van der Waals surface area contributed by atoms with Gasteiger partial charge in [0.1, 0.15) is 5.75 Å². The molecule has 0 bridgehead atoms. The second kappa shape index (κ2) is 15.4. The number of aryl methyl sites for hydroxylation is 1. The quantitative estimate of drug-likeness (QED) is 0.194. The Hall–Kier alpha value is -2.61. The summed E-state index contributed by atoms with van der Waals surface area (Å²) in [6, 6.07) is 21.6. The van der Waals surface area contributed by atoms with Crippen molar-refractivity contribution in [1.29, 1.82) is 0 Å². The van der Waals surface area contributed by atoms with Gasteiger partial charge in [0.25, 0.3) is 0 Å². The number of nitrogens with zero attached hydrogens (tertiary/aromatic N) is 1. The van der Waals surface area contributed by atoms with Crippen LogP contribution in [0.5, 0.6) is 5.75 Å². The Morgan fingerprint density at radius 2 is 1.37 bits per heavy atom. The van der Waals surface area contributed by atoms with Gasteiger partial charge in [-0.25, -0.2) is 0 Å². The number of benzene rings is 2. The normalized spacial score (nSPS) is 12.0. The average molecular weight is 472 g/mol. The molecule has 3 rings (SSSR count). The van der Waals surface area contributed by atoms with E-state index in [-0.39, 0.29) is 0 Å². The molecule has 35 heavy (non-hydrogen) atoms. The molecule has 0 aliphatic carbocycles. The fourth-order valence-electron chi connectivity index (χ4n) is 4.42. The third kappa shape index (κ3) is 9.51. The highest BCUT2D eigenvalue weighted by Crippen LogP contribution is 2.25. The molecule has 1 heterocycles. The van der Waals surface area contributed by atoms with Gasteiger partial charge in [-0.3, -0.25) is 4.98 Å². The number of hydrogen-bond acceptors (Lipinski definition) is 2. The van der Waals surface area contributed by atoms with Crippen molar-refractivity contribution in [3.05, 3.63) is 72.4 Å². The number of unbranched alkanes of at least 4 members (excludes halogenated alkanes) is 6. The lowest BCUT2D eigenvalue weighted by Gasteiger charge is -2.09. The van der Waals surface area contributed by atoms with Gasteiger partial charge in [0.05, 0.1) is 12.3 Å². The molecule has 0 aliphatic heterocycles. The highest BCUT2D eigenvalue weighted by molar-refractivity contribution is 5.67. The second-order valence-electron chi connectivity index (χ2n) is 10.0. The molecule has 2 heteroatoms. The van der Waals surface area contributed by atoms with E-state index in [4.69, 9.17) is 9.72 Å². The van der Waals surface area contributed by atoms with E-state index < -0.39 is 0 Å². The first-order valence-corrected chi connectivity index (χ1v) is 14.0. The maximum atomic E-state index is 5.94. The molecule has 0 spiro atoms. The van der Waals surface area contributed by atoms with Crippen LogP contribution in [-0.2, 0) is 6.42 Å². The van der Waals surface area contributed by atoms with Crippen LogP contribution in [0.2, 0.25) is 0 Å². The molecule has 0 saturated carbocycles. The standard InChI is InChI=1S/C33H45NO/c1-4-6-7-8-11-14-28-15-17-30(18-16-28)33-24-21-31(26-34-33)29-19-22-32(23-20-29)35-25-12-9-10-13-27(3)5-2/h15-24,26-27H,4-14,25H2,1-3H3/t27-/m0/s1. The van der Waals surface area contributed by atoms with Crippen LogP contribution < -0.4 is 4.74 Å². The highest BCUT2D eigenvalue weighted by Gasteiger charge is 2.04. The van der Waals surface area contributed by atoms with Crippen molar-refractivity contribution in [3.8, 4) is 28.1 Å². The molecule has 2 nitrogen and oxygen atoms in total. The molecule has 1 aromatic heterocycles. The number of rotatable bonds is 16. The van der Waals surface area contributed by atoms with E-state index in [2.05, 4.69) is 81.4 Å². The van der Waals surface area contributed by atoms with Crippen molar-refractivity contribution < 1.29 is 4.74 Å². The monoisotopic (exact) mass is 471 g/mol. The SMILES string of the molecule is CCCCCCCc1ccc(-c2ccc(-c3ccc(OCCCCC[C@@H](C)CC)cc3)cn2)cc1. The van der Waals surface area contributed by atoms with E-state index in [0.717, 1.165) is 36.0 Å². The summed E-state index contributed by atoms with van der Waals surface area (Å²) >= 11 is 0. The molecule has 0 aliphatic rings. The largest absolute Gasteiger partial charge is 0.494 e. The molecule has 0 N–H and O–H groups in total. The summed E-state index contributed by atoms with van der Waals surface area (Å²) in [5, 5.41) is 0. The van der Waals surface area contributed by atoms with E-state index in [9.17, 15) is 0 Å². The lowest BCUT2D eigenvalue weighted by Crippen LogP contribution is -1.98. The molecule has 0 saturated heterocycles. The molecule has 188 valence electrons. The van der Waals surface area contributed by atoms with Crippen molar-refractivity contribution in [2.75, 3.05) is 6.61 Å². The van der Waals surface area contributed by atoms with Crippen LogP contribution in [0.15, 0.2) is 66.9 Å². The Balaban J connectivity index is 1.44. The first-order chi connectivity index (χ1) is 17.2. The minimum atomic E-state index is 0.799. The molecule has 0 radical (unpaired) electrons. The minimum Gasteiger partial charge on any atom is -0.494 e. The van der Waals surface area contributed by atoms with Gasteiger partial charge in [0.2, 0.25) is 0 Å². The summed E-state index contributed by atoms with van der Waals surface area (Å²) < 4.78 is 5.94. The molecule has 0 amide bonds. The fraction of sp³-hybridized carbons (Fsp3) is 0.485. The lowest BCUT2D eigenvalue weighted by atomic mass is 10.0. The van der Waals surface area contributed by atoms with Crippen molar-refractivity contribution in [2.45, 2.75) is 91.4 Å². The summed E-state index contributed by atoms with van der Waals surface area (Å²) in [7, 11) is 0.